The highest BCUT2D eigenvalue weighted by atomic mass is 16.5. The van der Waals surface area contributed by atoms with Gasteiger partial charge < -0.3 is 20.1 Å². The van der Waals surface area contributed by atoms with Crippen molar-refractivity contribution in [3.8, 4) is 5.75 Å². The van der Waals surface area contributed by atoms with E-state index in [-0.39, 0.29) is 35.6 Å². The Morgan fingerprint density at radius 3 is 2.51 bits per heavy atom. The molecule has 4 aliphatic rings. The van der Waals surface area contributed by atoms with Gasteiger partial charge in [0.25, 0.3) is 5.91 Å². The third kappa shape index (κ3) is 4.12. The Balaban J connectivity index is 1.08. The number of hydrogen-bond acceptors (Lipinski definition) is 4. The van der Waals surface area contributed by atoms with Crippen LogP contribution in [0.5, 0.6) is 5.75 Å². The number of benzene rings is 2. The van der Waals surface area contributed by atoms with E-state index in [2.05, 4.69) is 11.4 Å². The molecule has 2 N–H and O–H groups in total. The zero-order chi connectivity index (χ0) is 24.0. The highest BCUT2D eigenvalue weighted by Crippen LogP contribution is 2.47. The van der Waals surface area contributed by atoms with E-state index in [1.54, 1.807) is 0 Å². The quantitative estimate of drug-likeness (QED) is 0.674. The molecule has 3 fully saturated rings. The van der Waals surface area contributed by atoms with Crippen LogP contribution in [0.3, 0.4) is 0 Å². The summed E-state index contributed by atoms with van der Waals surface area (Å²) in [6.07, 6.45) is 6.31. The summed E-state index contributed by atoms with van der Waals surface area (Å²) in [5, 5.41) is 15.0. The van der Waals surface area contributed by atoms with Gasteiger partial charge in [-0.2, -0.15) is 0 Å². The van der Waals surface area contributed by atoms with Gasteiger partial charge in [0.2, 0.25) is 5.91 Å². The fraction of sp³-hybridized carbons (Fsp3) is 0.517. The lowest BCUT2D eigenvalue weighted by Crippen LogP contribution is -2.52. The Kier molecular flexibility index (Phi) is 5.79. The molecule has 2 saturated carbocycles. The van der Waals surface area contributed by atoms with Crippen LogP contribution in [0.25, 0.3) is 0 Å². The molecule has 6 heteroatoms. The topological polar surface area (TPSA) is 78.9 Å². The van der Waals surface area contributed by atoms with Gasteiger partial charge in [0, 0.05) is 43.3 Å². The molecule has 2 aliphatic heterocycles. The molecule has 0 radical (unpaired) electrons. The molecule has 2 aromatic rings. The number of amides is 2. The van der Waals surface area contributed by atoms with E-state index >= 15 is 0 Å². The molecule has 6 rings (SSSR count). The number of ether oxygens (including phenoxy) is 1. The molecule has 1 saturated heterocycles. The van der Waals surface area contributed by atoms with Gasteiger partial charge in [-0.3, -0.25) is 9.59 Å². The van der Waals surface area contributed by atoms with Crippen LogP contribution in [0.1, 0.15) is 48.8 Å². The van der Waals surface area contributed by atoms with Crippen LogP contribution in [-0.2, 0) is 28.0 Å². The molecule has 3 unspecified atom stereocenters. The standard InChI is InChI=1S/C29H34N2O4/c32-26(16-19-11-12-25-20(15-19)13-14-35-25)31-17-23-24(18-31)27(23)30-28(33)29(34,21-7-3-1-4-8-21)22-9-5-2-6-10-22/h1,3-4,7-8,11-12,15,22-24,27,34H,2,5-6,9-10,13-14,16-18H2,(H,30,33). The molecule has 2 aliphatic carbocycles. The first-order chi connectivity index (χ1) is 17.0. The van der Waals surface area contributed by atoms with Crippen molar-refractivity contribution in [1.29, 1.82) is 0 Å². The van der Waals surface area contributed by atoms with E-state index in [9.17, 15) is 14.7 Å². The third-order valence-electron chi connectivity index (χ3n) is 8.71. The Labute approximate surface area is 206 Å². The summed E-state index contributed by atoms with van der Waals surface area (Å²) in [7, 11) is 0. The third-order valence-corrected chi connectivity index (χ3v) is 8.71. The van der Waals surface area contributed by atoms with Gasteiger partial charge in [0.05, 0.1) is 13.0 Å². The lowest BCUT2D eigenvalue weighted by atomic mass is 9.73. The Morgan fingerprint density at radius 2 is 1.77 bits per heavy atom. The van der Waals surface area contributed by atoms with Crippen LogP contribution >= 0.6 is 0 Å². The van der Waals surface area contributed by atoms with Gasteiger partial charge in [-0.15, -0.1) is 0 Å². The molecule has 2 aromatic carbocycles. The Hall–Kier alpha value is -2.86. The SMILES string of the molecule is O=C(Cc1ccc2c(c1)CCO2)N1CC2C(C1)C2NC(=O)C(O)(c1ccccc1)C1CCCCC1. The number of carbonyl (C=O) groups excluding carboxylic acids is 2. The summed E-state index contributed by atoms with van der Waals surface area (Å²) >= 11 is 0. The van der Waals surface area contributed by atoms with Gasteiger partial charge in [-0.1, -0.05) is 61.7 Å². The van der Waals surface area contributed by atoms with Crippen LogP contribution in [0, 0.1) is 17.8 Å². The molecule has 0 spiro atoms. The fourth-order valence-electron chi connectivity index (χ4n) is 6.61. The highest BCUT2D eigenvalue weighted by Gasteiger charge is 2.59. The van der Waals surface area contributed by atoms with Gasteiger partial charge in [-0.25, -0.2) is 0 Å². The van der Waals surface area contributed by atoms with Crippen molar-refractivity contribution in [1.82, 2.24) is 10.2 Å². The lowest BCUT2D eigenvalue weighted by Gasteiger charge is -2.38. The van der Waals surface area contributed by atoms with Crippen molar-refractivity contribution >= 4 is 11.8 Å². The van der Waals surface area contributed by atoms with E-state index in [4.69, 9.17) is 4.74 Å². The molecule has 35 heavy (non-hydrogen) atoms. The summed E-state index contributed by atoms with van der Waals surface area (Å²) in [6.45, 7) is 2.07. The summed E-state index contributed by atoms with van der Waals surface area (Å²) < 4.78 is 5.56. The zero-order valence-electron chi connectivity index (χ0n) is 20.1. The average Bonchev–Trinajstić information content (AvgIpc) is 3.25. The predicted octanol–water partition coefficient (Wildman–Crippen LogP) is 3.21. The van der Waals surface area contributed by atoms with E-state index in [1.807, 2.05) is 47.4 Å². The second kappa shape index (κ2) is 8.98. The minimum Gasteiger partial charge on any atom is -0.493 e. The first-order valence-corrected chi connectivity index (χ1v) is 13.2. The van der Waals surface area contributed by atoms with Crippen LogP contribution in [0.4, 0.5) is 0 Å². The molecular formula is C29H34N2O4. The van der Waals surface area contributed by atoms with Gasteiger partial charge in [0.1, 0.15) is 5.75 Å². The van der Waals surface area contributed by atoms with Crippen molar-refractivity contribution < 1.29 is 19.4 Å². The zero-order valence-corrected chi connectivity index (χ0v) is 20.1. The van der Waals surface area contributed by atoms with Crippen molar-refractivity contribution in [3.05, 3.63) is 65.2 Å². The largest absolute Gasteiger partial charge is 0.493 e. The maximum absolute atomic E-state index is 13.5. The summed E-state index contributed by atoms with van der Waals surface area (Å²) in [5.74, 6) is 1.31. The molecule has 0 aromatic heterocycles. The smallest absolute Gasteiger partial charge is 0.257 e. The second-order valence-electron chi connectivity index (χ2n) is 10.8. The average molecular weight is 475 g/mol. The summed E-state index contributed by atoms with van der Waals surface area (Å²) in [4.78, 5) is 28.4. The number of piperidine rings is 1. The number of aliphatic hydroxyl groups is 1. The Bertz CT molecular complexity index is 1100. The normalized spacial score (nSPS) is 26.9. The van der Waals surface area contributed by atoms with Gasteiger partial charge in [0.15, 0.2) is 5.60 Å². The molecule has 3 atom stereocenters. The number of nitrogens with one attached hydrogen (secondary N) is 1. The number of nitrogens with zero attached hydrogens (tertiary/aromatic N) is 1. The van der Waals surface area contributed by atoms with E-state index in [1.165, 1.54) is 12.0 Å². The maximum Gasteiger partial charge on any atom is 0.257 e. The van der Waals surface area contributed by atoms with Crippen LogP contribution in [-0.4, -0.2) is 47.6 Å². The van der Waals surface area contributed by atoms with Gasteiger partial charge >= 0.3 is 0 Å². The second-order valence-corrected chi connectivity index (χ2v) is 10.8. The Morgan fingerprint density at radius 1 is 1.03 bits per heavy atom. The number of likely N-dealkylation sites (tertiary alicyclic amines) is 1. The molecule has 2 heterocycles. The first kappa shape index (κ1) is 22.6. The van der Waals surface area contributed by atoms with E-state index in [0.717, 1.165) is 50.0 Å². The molecule has 6 nitrogen and oxygen atoms in total. The number of hydrogen-bond donors (Lipinski definition) is 2. The highest BCUT2D eigenvalue weighted by molar-refractivity contribution is 5.87. The summed E-state index contributed by atoms with van der Waals surface area (Å²) in [5.41, 5.74) is 1.41. The van der Waals surface area contributed by atoms with Gasteiger partial charge in [-0.05, 0) is 35.6 Å². The fourth-order valence-corrected chi connectivity index (χ4v) is 6.61. The predicted molar refractivity (Wildman–Crippen MR) is 132 cm³/mol. The van der Waals surface area contributed by atoms with Crippen molar-refractivity contribution in [3.63, 3.8) is 0 Å². The van der Waals surface area contributed by atoms with E-state index < -0.39 is 5.60 Å². The maximum atomic E-state index is 13.5. The monoisotopic (exact) mass is 474 g/mol. The minimum atomic E-state index is -1.49. The number of rotatable bonds is 6. The number of carbonyl (C=O) groups is 2. The van der Waals surface area contributed by atoms with Crippen LogP contribution < -0.4 is 10.1 Å². The first-order valence-electron chi connectivity index (χ1n) is 13.2. The minimum absolute atomic E-state index is 0.0440. The van der Waals surface area contributed by atoms with Crippen molar-refractivity contribution in [2.75, 3.05) is 19.7 Å². The van der Waals surface area contributed by atoms with Crippen LogP contribution in [0.15, 0.2) is 48.5 Å². The molecule has 0 bridgehead atoms. The molecule has 2 amide bonds. The number of fused-ring (bicyclic) bond motifs is 2. The van der Waals surface area contributed by atoms with E-state index in [0.29, 0.717) is 25.1 Å². The lowest BCUT2D eigenvalue weighted by molar-refractivity contribution is -0.149. The van der Waals surface area contributed by atoms with Crippen molar-refractivity contribution in [2.24, 2.45) is 17.8 Å². The van der Waals surface area contributed by atoms with Crippen LogP contribution in [0.2, 0.25) is 0 Å². The summed E-state index contributed by atoms with van der Waals surface area (Å²) in [6, 6.07) is 15.5. The molecule has 184 valence electrons. The van der Waals surface area contributed by atoms with Crippen molar-refractivity contribution in [2.45, 2.75) is 56.6 Å². The molecular weight excluding hydrogens is 440 g/mol.